The summed E-state index contributed by atoms with van der Waals surface area (Å²) >= 11 is 0. The molecule has 0 spiro atoms. The number of fused-ring (bicyclic) bond motifs is 2. The number of nitrogens with one attached hydrogen (secondary N) is 1. The van der Waals surface area contributed by atoms with E-state index in [1.54, 1.807) is 0 Å². The molecule has 6 nitrogen and oxygen atoms in total. The Morgan fingerprint density at radius 2 is 1.63 bits per heavy atom. The fraction of sp³-hybridized carbons (Fsp3) is 0.417. The molecule has 4 atom stereocenters. The summed E-state index contributed by atoms with van der Waals surface area (Å²) in [6.45, 7) is 2.07. The van der Waals surface area contributed by atoms with Crippen molar-refractivity contribution in [3.63, 3.8) is 0 Å². The topological polar surface area (TPSA) is 95.9 Å². The van der Waals surface area contributed by atoms with E-state index >= 15 is 0 Å². The zero-order chi connectivity index (χ0) is 21.3. The molecule has 1 heterocycles. The maximum Gasteiger partial charge on any atom is 0.320 e. The second-order valence-electron chi connectivity index (χ2n) is 8.22. The predicted molar refractivity (Wildman–Crippen MR) is 112 cm³/mol. The minimum absolute atomic E-state index is 0.00133. The summed E-state index contributed by atoms with van der Waals surface area (Å²) in [7, 11) is 0. The molecule has 4 unspecified atom stereocenters. The fourth-order valence-electron chi connectivity index (χ4n) is 4.71. The molecule has 2 aromatic rings. The van der Waals surface area contributed by atoms with Gasteiger partial charge in [0.05, 0.1) is 5.92 Å². The zero-order valence-corrected chi connectivity index (χ0v) is 17.0. The van der Waals surface area contributed by atoms with Crippen molar-refractivity contribution in [3.05, 3.63) is 59.7 Å². The Morgan fingerprint density at radius 1 is 1.03 bits per heavy atom. The number of hydrogen-bond donors (Lipinski definition) is 3. The van der Waals surface area contributed by atoms with Gasteiger partial charge in [0.15, 0.2) is 0 Å². The molecular weight excluding hydrogens is 382 g/mol. The van der Waals surface area contributed by atoms with Crippen LogP contribution < -0.4 is 10.1 Å². The third-order valence-electron chi connectivity index (χ3n) is 6.32. The smallest absolute Gasteiger partial charge is 0.320 e. The van der Waals surface area contributed by atoms with Crippen LogP contribution in [0.4, 0.5) is 0 Å². The molecule has 30 heavy (non-hydrogen) atoms. The van der Waals surface area contributed by atoms with E-state index in [2.05, 4.69) is 12.2 Å². The number of rotatable bonds is 9. The maximum absolute atomic E-state index is 12.1. The van der Waals surface area contributed by atoms with E-state index in [0.29, 0.717) is 6.42 Å². The molecule has 158 valence electrons. The Bertz CT molecular complexity index is 897. The monoisotopic (exact) mass is 409 g/mol. The van der Waals surface area contributed by atoms with Crippen LogP contribution >= 0.6 is 0 Å². The van der Waals surface area contributed by atoms with Crippen molar-refractivity contribution in [3.8, 4) is 11.5 Å². The molecule has 6 heteroatoms. The highest BCUT2D eigenvalue weighted by atomic mass is 16.5. The first-order valence-corrected chi connectivity index (χ1v) is 10.6. The van der Waals surface area contributed by atoms with Crippen LogP contribution in [0.3, 0.4) is 0 Å². The van der Waals surface area contributed by atoms with Crippen molar-refractivity contribution < 1.29 is 24.5 Å². The third kappa shape index (κ3) is 3.92. The van der Waals surface area contributed by atoms with Crippen LogP contribution in [0.1, 0.15) is 49.7 Å². The Labute approximate surface area is 175 Å². The molecule has 0 bridgehead atoms. The molecule has 1 fully saturated rings. The molecule has 1 aliphatic carbocycles. The van der Waals surface area contributed by atoms with Gasteiger partial charge < -0.3 is 20.3 Å². The molecule has 1 saturated carbocycles. The van der Waals surface area contributed by atoms with E-state index < -0.39 is 23.9 Å². The summed E-state index contributed by atoms with van der Waals surface area (Å²) < 4.78 is 6.01. The number of hydrogen-bond acceptors (Lipinski definition) is 4. The molecular formula is C24H27NO5. The average Bonchev–Trinajstić information content (AvgIpc) is 3.43. The molecule has 2 aliphatic rings. The number of aliphatic carboxylic acids is 2. The summed E-state index contributed by atoms with van der Waals surface area (Å²) in [5, 5.41) is 22.6. The highest BCUT2D eigenvalue weighted by Gasteiger charge is 2.55. The third-order valence-corrected chi connectivity index (χ3v) is 6.32. The quantitative estimate of drug-likeness (QED) is 0.573. The lowest BCUT2D eigenvalue weighted by atomic mass is 9.83. The molecule has 2 aromatic carbocycles. The number of carbonyl (C=O) groups is 2. The van der Waals surface area contributed by atoms with Gasteiger partial charge in [-0.2, -0.15) is 0 Å². The van der Waals surface area contributed by atoms with Crippen molar-refractivity contribution in [2.24, 2.45) is 11.8 Å². The second-order valence-corrected chi connectivity index (χ2v) is 8.22. The fourth-order valence-corrected chi connectivity index (χ4v) is 4.71. The van der Waals surface area contributed by atoms with Gasteiger partial charge in [-0.1, -0.05) is 56.2 Å². The summed E-state index contributed by atoms with van der Waals surface area (Å²) in [5.74, 6) is -0.981. The van der Waals surface area contributed by atoms with Gasteiger partial charge in [0.25, 0.3) is 0 Å². The van der Waals surface area contributed by atoms with Crippen molar-refractivity contribution >= 4 is 11.9 Å². The summed E-state index contributed by atoms with van der Waals surface area (Å²) in [6.07, 6.45) is 3.08. The van der Waals surface area contributed by atoms with Gasteiger partial charge in [-0.15, -0.1) is 0 Å². The van der Waals surface area contributed by atoms with Crippen molar-refractivity contribution in [2.45, 2.75) is 50.6 Å². The highest BCUT2D eigenvalue weighted by Crippen LogP contribution is 2.47. The lowest BCUT2D eigenvalue weighted by Crippen LogP contribution is -2.41. The van der Waals surface area contributed by atoms with Crippen molar-refractivity contribution in [1.82, 2.24) is 5.32 Å². The number of para-hydroxylation sites is 2. The Balaban J connectivity index is 1.57. The molecule has 0 aromatic heterocycles. The molecule has 0 radical (unpaired) electrons. The average molecular weight is 409 g/mol. The summed E-state index contributed by atoms with van der Waals surface area (Å²) in [6, 6.07) is 14.2. The largest absolute Gasteiger partial charge is 0.481 e. The van der Waals surface area contributed by atoms with Gasteiger partial charge in [0, 0.05) is 23.1 Å². The van der Waals surface area contributed by atoms with Crippen molar-refractivity contribution in [1.29, 1.82) is 0 Å². The number of carboxylic acids is 2. The van der Waals surface area contributed by atoms with Crippen LogP contribution in [0.2, 0.25) is 0 Å². The van der Waals surface area contributed by atoms with Gasteiger partial charge in [-0.25, -0.2) is 0 Å². The van der Waals surface area contributed by atoms with Crippen LogP contribution in [0, 0.1) is 11.8 Å². The molecule has 1 aliphatic heterocycles. The molecule has 3 N–H and O–H groups in total. The number of unbranched alkanes of at least 4 members (excludes halogenated alkanes) is 1. The Morgan fingerprint density at radius 3 is 2.17 bits per heavy atom. The molecule has 0 saturated heterocycles. The van der Waals surface area contributed by atoms with E-state index in [4.69, 9.17) is 4.74 Å². The minimum atomic E-state index is -0.957. The van der Waals surface area contributed by atoms with Gasteiger partial charge >= 0.3 is 11.9 Å². The Hall–Kier alpha value is -2.86. The van der Waals surface area contributed by atoms with Crippen LogP contribution in [0.15, 0.2) is 48.5 Å². The number of carboxylic acid groups (broad SMARTS) is 2. The first-order valence-electron chi connectivity index (χ1n) is 10.6. The highest BCUT2D eigenvalue weighted by molar-refractivity contribution is 5.77. The van der Waals surface area contributed by atoms with E-state index in [0.717, 1.165) is 41.9 Å². The number of benzene rings is 2. The maximum atomic E-state index is 12.1. The standard InChI is InChI=1S/C24H27NO5/c1-2-3-8-16-21(24(28)29)22(16)25-18(23(26)27)13-17-14-9-4-6-11-19(14)30-20-12-7-5-10-15(17)20/h4-7,9-12,16-18,21-22,25H,2-3,8,13H2,1H3,(H,26,27)(H,28,29). The lowest BCUT2D eigenvalue weighted by molar-refractivity contribution is -0.141. The van der Waals surface area contributed by atoms with Gasteiger partial charge in [0.1, 0.15) is 17.5 Å². The van der Waals surface area contributed by atoms with Crippen LogP contribution in [0.5, 0.6) is 11.5 Å². The summed E-state index contributed by atoms with van der Waals surface area (Å²) in [4.78, 5) is 23.7. The van der Waals surface area contributed by atoms with Crippen molar-refractivity contribution in [2.75, 3.05) is 0 Å². The van der Waals surface area contributed by atoms with Gasteiger partial charge in [-0.3, -0.25) is 9.59 Å². The number of ether oxygens (including phenoxy) is 1. The first kappa shape index (κ1) is 20.4. The van der Waals surface area contributed by atoms with Crippen LogP contribution in [0.25, 0.3) is 0 Å². The summed E-state index contributed by atoms with van der Waals surface area (Å²) in [5.41, 5.74) is 1.91. The zero-order valence-electron chi connectivity index (χ0n) is 17.0. The van der Waals surface area contributed by atoms with E-state index in [1.165, 1.54) is 0 Å². The minimum Gasteiger partial charge on any atom is -0.481 e. The van der Waals surface area contributed by atoms with Gasteiger partial charge in [0.2, 0.25) is 0 Å². The van der Waals surface area contributed by atoms with E-state index in [-0.39, 0.29) is 17.9 Å². The lowest BCUT2D eigenvalue weighted by Gasteiger charge is -2.30. The Kier molecular flexibility index (Phi) is 5.77. The normalized spacial score (nSPS) is 23.0. The SMILES string of the molecule is CCCCC1C(NC(CC2c3ccccc3Oc3ccccc32)C(=O)O)C1C(=O)O. The molecule has 4 rings (SSSR count). The van der Waals surface area contributed by atoms with E-state index in [1.807, 2.05) is 48.5 Å². The second kappa shape index (κ2) is 8.48. The first-order chi connectivity index (χ1) is 14.5. The van der Waals surface area contributed by atoms with Gasteiger partial charge in [-0.05, 0) is 30.9 Å². The predicted octanol–water partition coefficient (Wildman–Crippen LogP) is 4.25. The van der Waals surface area contributed by atoms with Crippen LogP contribution in [-0.4, -0.2) is 34.2 Å². The van der Waals surface area contributed by atoms with Crippen LogP contribution in [-0.2, 0) is 9.59 Å². The van der Waals surface area contributed by atoms with E-state index in [9.17, 15) is 19.8 Å². The molecule has 0 amide bonds.